The van der Waals surface area contributed by atoms with E-state index in [1.165, 1.54) is 12.4 Å². The monoisotopic (exact) mass is 274 g/mol. The molecule has 1 fully saturated rings. The lowest BCUT2D eigenvalue weighted by Crippen LogP contribution is -2.29. The third kappa shape index (κ3) is 1.71. The number of anilines is 1. The van der Waals surface area contributed by atoms with Crippen molar-refractivity contribution in [2.75, 3.05) is 4.90 Å². The van der Waals surface area contributed by atoms with Crippen LogP contribution in [0.1, 0.15) is 12.8 Å². The van der Waals surface area contributed by atoms with E-state index in [1.54, 1.807) is 4.90 Å². The summed E-state index contributed by atoms with van der Waals surface area (Å²) in [5, 5.41) is -0.123. The maximum Gasteiger partial charge on any atom is 0.287 e. The lowest BCUT2D eigenvalue weighted by molar-refractivity contribution is 0.595. The standard InChI is InChI=1S/C10H8ClFN2O2S/c11-8-3-6(12)4-9-10(8)17(15,16)13-5-14(9)7-1-2-7/h3-5,7H,1-2H2. The number of benzene rings is 1. The van der Waals surface area contributed by atoms with Crippen molar-refractivity contribution >= 4 is 33.7 Å². The number of hydrogen-bond donors (Lipinski definition) is 0. The maximum absolute atomic E-state index is 13.3. The largest absolute Gasteiger partial charge is 0.327 e. The molecule has 4 nitrogen and oxygen atoms in total. The SMILES string of the molecule is O=S1(=O)N=CN(C2CC2)c2cc(F)cc(Cl)c21. The molecule has 1 aromatic carbocycles. The summed E-state index contributed by atoms with van der Waals surface area (Å²) in [5.41, 5.74) is 0.285. The molecule has 0 aromatic heterocycles. The molecule has 0 amide bonds. The first-order chi connectivity index (χ1) is 7.99. The fourth-order valence-electron chi connectivity index (χ4n) is 1.87. The summed E-state index contributed by atoms with van der Waals surface area (Å²) in [6.45, 7) is 0. The van der Waals surface area contributed by atoms with E-state index in [9.17, 15) is 12.8 Å². The Hall–Kier alpha value is -1.14. The molecule has 1 aliphatic heterocycles. The van der Waals surface area contributed by atoms with E-state index in [-0.39, 0.29) is 21.6 Å². The first-order valence-corrected chi connectivity index (χ1v) is 6.89. The zero-order valence-corrected chi connectivity index (χ0v) is 10.2. The van der Waals surface area contributed by atoms with Crippen LogP contribution in [0.5, 0.6) is 0 Å². The van der Waals surface area contributed by atoms with Crippen LogP contribution in [0.15, 0.2) is 21.4 Å². The molecule has 2 aliphatic rings. The Kier molecular flexibility index (Phi) is 2.21. The summed E-state index contributed by atoms with van der Waals surface area (Å²) in [4.78, 5) is 1.57. The van der Waals surface area contributed by atoms with Crippen molar-refractivity contribution in [2.24, 2.45) is 4.40 Å². The molecule has 1 saturated carbocycles. The van der Waals surface area contributed by atoms with Gasteiger partial charge in [-0.1, -0.05) is 11.6 Å². The zero-order valence-electron chi connectivity index (χ0n) is 8.60. The highest BCUT2D eigenvalue weighted by Gasteiger charge is 2.36. The van der Waals surface area contributed by atoms with E-state index >= 15 is 0 Å². The highest BCUT2D eigenvalue weighted by molar-refractivity contribution is 7.90. The van der Waals surface area contributed by atoms with Crippen LogP contribution in [0.25, 0.3) is 0 Å². The summed E-state index contributed by atoms with van der Waals surface area (Å²) in [5.74, 6) is -0.551. The van der Waals surface area contributed by atoms with E-state index in [1.807, 2.05) is 0 Å². The van der Waals surface area contributed by atoms with Gasteiger partial charge in [-0.3, -0.25) is 0 Å². The summed E-state index contributed by atoms with van der Waals surface area (Å²) < 4.78 is 40.3. The van der Waals surface area contributed by atoms with Gasteiger partial charge in [0, 0.05) is 6.04 Å². The molecule has 90 valence electrons. The molecule has 17 heavy (non-hydrogen) atoms. The minimum Gasteiger partial charge on any atom is -0.327 e. The molecule has 0 atom stereocenters. The fourth-order valence-corrected chi connectivity index (χ4v) is 3.42. The maximum atomic E-state index is 13.3. The normalized spacial score (nSPS) is 21.4. The highest BCUT2D eigenvalue weighted by atomic mass is 35.5. The zero-order chi connectivity index (χ0) is 12.2. The molecule has 0 unspecified atom stereocenters. The second-order valence-electron chi connectivity index (χ2n) is 4.07. The van der Waals surface area contributed by atoms with Crippen LogP contribution in [0.3, 0.4) is 0 Å². The van der Waals surface area contributed by atoms with E-state index in [2.05, 4.69) is 4.40 Å². The summed E-state index contributed by atoms with van der Waals surface area (Å²) >= 11 is 5.80. The number of sulfonamides is 1. The van der Waals surface area contributed by atoms with Crippen molar-refractivity contribution in [1.29, 1.82) is 0 Å². The van der Waals surface area contributed by atoms with Crippen LogP contribution < -0.4 is 4.90 Å². The topological polar surface area (TPSA) is 49.7 Å². The molecule has 7 heteroatoms. The van der Waals surface area contributed by atoms with Crippen molar-refractivity contribution < 1.29 is 12.8 Å². The van der Waals surface area contributed by atoms with Crippen molar-refractivity contribution in [2.45, 2.75) is 23.8 Å². The second-order valence-corrected chi connectivity index (χ2v) is 6.05. The van der Waals surface area contributed by atoms with Crippen LogP contribution >= 0.6 is 11.6 Å². The Morgan fingerprint density at radius 2 is 2.12 bits per heavy atom. The third-order valence-corrected chi connectivity index (χ3v) is 4.50. The van der Waals surface area contributed by atoms with Gasteiger partial charge >= 0.3 is 0 Å². The summed E-state index contributed by atoms with van der Waals surface area (Å²) in [7, 11) is -3.80. The molecule has 0 radical (unpaired) electrons. The van der Waals surface area contributed by atoms with Gasteiger partial charge in [0.15, 0.2) is 0 Å². The molecular formula is C10H8ClFN2O2S. The molecule has 0 saturated heterocycles. The smallest absolute Gasteiger partial charge is 0.287 e. The second kappa shape index (κ2) is 3.43. The first kappa shape index (κ1) is 11.0. The molecule has 1 aliphatic carbocycles. The Morgan fingerprint density at radius 1 is 1.41 bits per heavy atom. The Bertz CT molecular complexity index is 625. The van der Waals surface area contributed by atoms with Gasteiger partial charge in [0.25, 0.3) is 10.0 Å². The number of nitrogens with zero attached hydrogens (tertiary/aromatic N) is 2. The molecular weight excluding hydrogens is 267 g/mol. The Morgan fingerprint density at radius 3 is 2.76 bits per heavy atom. The quantitative estimate of drug-likeness (QED) is 0.789. The van der Waals surface area contributed by atoms with Crippen molar-refractivity contribution in [3.63, 3.8) is 0 Å². The minimum absolute atomic E-state index is 0.102. The van der Waals surface area contributed by atoms with Crippen LogP contribution in [0.2, 0.25) is 5.02 Å². The van der Waals surface area contributed by atoms with Gasteiger partial charge < -0.3 is 4.90 Å². The third-order valence-electron chi connectivity index (χ3n) is 2.78. The summed E-state index contributed by atoms with van der Waals surface area (Å²) in [6.07, 6.45) is 3.13. The lowest BCUT2D eigenvalue weighted by atomic mass is 10.2. The van der Waals surface area contributed by atoms with E-state index < -0.39 is 15.8 Å². The number of rotatable bonds is 1. The lowest BCUT2D eigenvalue weighted by Gasteiger charge is -2.25. The molecule has 0 spiro atoms. The van der Waals surface area contributed by atoms with Crippen LogP contribution in [0.4, 0.5) is 10.1 Å². The van der Waals surface area contributed by atoms with E-state index in [4.69, 9.17) is 11.6 Å². The fraction of sp³-hybridized carbons (Fsp3) is 0.300. The van der Waals surface area contributed by atoms with Gasteiger partial charge in [-0.25, -0.2) is 4.39 Å². The molecule has 0 N–H and O–H groups in total. The number of hydrogen-bond acceptors (Lipinski definition) is 3. The summed E-state index contributed by atoms with van der Waals surface area (Å²) in [6, 6.07) is 2.37. The predicted molar refractivity (Wildman–Crippen MR) is 62.6 cm³/mol. The van der Waals surface area contributed by atoms with E-state index in [0.717, 1.165) is 18.9 Å². The van der Waals surface area contributed by atoms with Gasteiger partial charge in [0.1, 0.15) is 17.1 Å². The van der Waals surface area contributed by atoms with Gasteiger partial charge in [-0.05, 0) is 25.0 Å². The first-order valence-electron chi connectivity index (χ1n) is 5.07. The molecule has 0 bridgehead atoms. The van der Waals surface area contributed by atoms with Crippen molar-refractivity contribution in [1.82, 2.24) is 0 Å². The van der Waals surface area contributed by atoms with Gasteiger partial charge in [-0.15, -0.1) is 4.40 Å². The van der Waals surface area contributed by atoms with Crippen LogP contribution in [-0.2, 0) is 10.0 Å². The minimum atomic E-state index is -3.80. The Labute approximate surface area is 103 Å². The highest BCUT2D eigenvalue weighted by Crippen LogP contribution is 2.41. The average Bonchev–Trinajstić information content (AvgIpc) is 2.99. The van der Waals surface area contributed by atoms with Gasteiger partial charge in [0.2, 0.25) is 0 Å². The van der Waals surface area contributed by atoms with Gasteiger partial charge in [-0.2, -0.15) is 8.42 Å². The predicted octanol–water partition coefficient (Wildman–Crippen LogP) is 2.18. The van der Waals surface area contributed by atoms with E-state index in [0.29, 0.717) is 0 Å². The molecule has 1 heterocycles. The molecule has 1 aromatic rings. The molecule has 3 rings (SSSR count). The number of fused-ring (bicyclic) bond motifs is 1. The van der Waals surface area contributed by atoms with Crippen LogP contribution in [0, 0.1) is 5.82 Å². The average molecular weight is 275 g/mol. The van der Waals surface area contributed by atoms with Gasteiger partial charge in [0.05, 0.1) is 10.7 Å². The van der Waals surface area contributed by atoms with Crippen molar-refractivity contribution in [3.05, 3.63) is 23.0 Å². The Balaban J connectivity index is 2.28. The number of halogens is 2. The van der Waals surface area contributed by atoms with Crippen molar-refractivity contribution in [3.8, 4) is 0 Å². The van der Waals surface area contributed by atoms with Crippen LogP contribution in [-0.4, -0.2) is 20.8 Å².